The summed E-state index contributed by atoms with van der Waals surface area (Å²) >= 11 is 8.16. The Morgan fingerprint density at radius 2 is 2.15 bits per heavy atom. The van der Waals surface area contributed by atoms with Gasteiger partial charge in [-0.1, -0.05) is 17.7 Å². The molecule has 2 nitrogen and oxygen atoms in total. The monoisotopic (exact) mass is 311 g/mol. The lowest BCUT2D eigenvalue weighted by Crippen LogP contribution is -2.46. The first-order valence-corrected chi connectivity index (χ1v) is 8.95. The van der Waals surface area contributed by atoms with Gasteiger partial charge in [-0.05, 0) is 61.8 Å². The van der Waals surface area contributed by atoms with Crippen LogP contribution in [0.2, 0.25) is 5.02 Å². The maximum Gasteiger partial charge on any atom is 0.0717 e. The highest BCUT2D eigenvalue weighted by atomic mass is 35.5. The van der Waals surface area contributed by atoms with Gasteiger partial charge >= 0.3 is 0 Å². The minimum absolute atomic E-state index is 0.133. The van der Waals surface area contributed by atoms with Crippen molar-refractivity contribution >= 4 is 29.1 Å². The SMILES string of the molecule is Cc1ccc(Cl)cc1NC1CCOC2(CCSCC2)C1. The van der Waals surface area contributed by atoms with Gasteiger partial charge in [0.2, 0.25) is 0 Å². The highest BCUT2D eigenvalue weighted by Crippen LogP contribution is 2.38. The molecule has 1 unspecified atom stereocenters. The molecule has 2 heterocycles. The summed E-state index contributed by atoms with van der Waals surface area (Å²) in [4.78, 5) is 0. The van der Waals surface area contributed by atoms with Gasteiger partial charge in [0, 0.05) is 23.4 Å². The number of rotatable bonds is 2. The highest BCUT2D eigenvalue weighted by Gasteiger charge is 2.38. The van der Waals surface area contributed by atoms with Crippen LogP contribution in [0, 0.1) is 6.92 Å². The molecule has 2 aliphatic heterocycles. The number of nitrogens with one attached hydrogen (secondary N) is 1. The molecule has 1 atom stereocenters. The molecule has 0 radical (unpaired) electrons. The zero-order chi connectivity index (χ0) is 14.0. The predicted octanol–water partition coefficient (Wildman–Crippen LogP) is 4.51. The molecule has 2 fully saturated rings. The van der Waals surface area contributed by atoms with Crippen molar-refractivity contribution in [2.24, 2.45) is 0 Å². The minimum Gasteiger partial charge on any atom is -0.382 e. The molecule has 4 heteroatoms. The van der Waals surface area contributed by atoms with Gasteiger partial charge in [-0.15, -0.1) is 0 Å². The van der Waals surface area contributed by atoms with Crippen LogP contribution in [0.1, 0.15) is 31.2 Å². The molecule has 20 heavy (non-hydrogen) atoms. The van der Waals surface area contributed by atoms with Gasteiger partial charge in [0.1, 0.15) is 0 Å². The second-order valence-corrected chi connectivity index (χ2v) is 7.60. The topological polar surface area (TPSA) is 21.3 Å². The smallest absolute Gasteiger partial charge is 0.0717 e. The minimum atomic E-state index is 0.133. The molecule has 1 aromatic carbocycles. The lowest BCUT2D eigenvalue weighted by molar-refractivity contribution is -0.0865. The van der Waals surface area contributed by atoms with Crippen molar-refractivity contribution in [1.29, 1.82) is 0 Å². The molecule has 3 rings (SSSR count). The van der Waals surface area contributed by atoms with E-state index >= 15 is 0 Å². The highest BCUT2D eigenvalue weighted by molar-refractivity contribution is 7.99. The molecule has 1 N–H and O–H groups in total. The standard InChI is InChI=1S/C16H22ClNOS/c1-12-2-3-13(17)10-15(12)18-14-4-7-19-16(11-14)5-8-20-9-6-16/h2-3,10,14,18H,4-9,11H2,1H3. The fourth-order valence-electron chi connectivity index (χ4n) is 3.21. The van der Waals surface area contributed by atoms with Crippen LogP contribution in [0.25, 0.3) is 0 Å². The Hall–Kier alpha value is -0.380. The van der Waals surface area contributed by atoms with Crippen LogP contribution in [-0.2, 0) is 4.74 Å². The quantitative estimate of drug-likeness (QED) is 0.868. The number of hydrogen-bond donors (Lipinski definition) is 1. The summed E-state index contributed by atoms with van der Waals surface area (Å²) in [6.07, 6.45) is 4.61. The largest absolute Gasteiger partial charge is 0.382 e. The van der Waals surface area contributed by atoms with Crippen LogP contribution in [0.4, 0.5) is 5.69 Å². The van der Waals surface area contributed by atoms with Crippen molar-refractivity contribution < 1.29 is 4.74 Å². The van der Waals surface area contributed by atoms with E-state index in [-0.39, 0.29) is 5.60 Å². The Balaban J connectivity index is 1.69. The summed E-state index contributed by atoms with van der Waals surface area (Å²) in [6, 6.07) is 6.57. The molecule has 0 aliphatic carbocycles. The lowest BCUT2D eigenvalue weighted by Gasteiger charge is -2.43. The van der Waals surface area contributed by atoms with Crippen LogP contribution in [0.15, 0.2) is 18.2 Å². The Labute approximate surface area is 130 Å². The van der Waals surface area contributed by atoms with Crippen LogP contribution in [-0.4, -0.2) is 29.8 Å². The Bertz CT molecular complexity index is 468. The molecule has 110 valence electrons. The molecule has 0 bridgehead atoms. The van der Waals surface area contributed by atoms with Crippen LogP contribution < -0.4 is 5.32 Å². The Kier molecular flexibility index (Phi) is 4.49. The lowest BCUT2D eigenvalue weighted by atomic mass is 9.85. The number of anilines is 1. The first-order chi connectivity index (χ1) is 9.67. The summed E-state index contributed by atoms with van der Waals surface area (Å²) < 4.78 is 6.15. The van der Waals surface area contributed by atoms with Gasteiger partial charge in [-0.3, -0.25) is 0 Å². The predicted molar refractivity (Wildman–Crippen MR) is 88.1 cm³/mol. The van der Waals surface area contributed by atoms with Crippen molar-refractivity contribution in [2.75, 3.05) is 23.4 Å². The number of thioether (sulfide) groups is 1. The van der Waals surface area contributed by atoms with E-state index in [1.807, 2.05) is 12.1 Å². The van der Waals surface area contributed by atoms with Gasteiger partial charge < -0.3 is 10.1 Å². The van der Waals surface area contributed by atoms with E-state index in [1.54, 1.807) is 0 Å². The van der Waals surface area contributed by atoms with Crippen molar-refractivity contribution in [1.82, 2.24) is 0 Å². The third kappa shape index (κ3) is 3.26. The second kappa shape index (κ2) is 6.17. The molecule has 0 saturated carbocycles. The molecule has 0 aromatic heterocycles. The number of ether oxygens (including phenoxy) is 1. The molecular formula is C16H22ClNOS. The van der Waals surface area contributed by atoms with Crippen molar-refractivity contribution in [3.05, 3.63) is 28.8 Å². The molecule has 0 amide bonds. The van der Waals surface area contributed by atoms with Gasteiger partial charge in [-0.25, -0.2) is 0 Å². The Morgan fingerprint density at radius 3 is 2.95 bits per heavy atom. The molecule has 2 saturated heterocycles. The van der Waals surface area contributed by atoms with Crippen molar-refractivity contribution in [3.63, 3.8) is 0 Å². The zero-order valence-electron chi connectivity index (χ0n) is 12.0. The van der Waals surface area contributed by atoms with Gasteiger partial charge in [-0.2, -0.15) is 11.8 Å². The van der Waals surface area contributed by atoms with Gasteiger partial charge in [0.25, 0.3) is 0 Å². The fraction of sp³-hybridized carbons (Fsp3) is 0.625. The number of hydrogen-bond acceptors (Lipinski definition) is 3. The van der Waals surface area contributed by atoms with E-state index in [0.717, 1.165) is 24.5 Å². The summed E-state index contributed by atoms with van der Waals surface area (Å²) in [5, 5.41) is 4.49. The third-order valence-corrected chi connectivity index (χ3v) is 5.68. The van der Waals surface area contributed by atoms with Crippen molar-refractivity contribution in [2.45, 2.75) is 44.2 Å². The van der Waals surface area contributed by atoms with Crippen LogP contribution in [0.5, 0.6) is 0 Å². The van der Waals surface area contributed by atoms with Gasteiger partial charge in [0.15, 0.2) is 0 Å². The summed E-state index contributed by atoms with van der Waals surface area (Å²) in [5.74, 6) is 2.48. The maximum absolute atomic E-state index is 6.15. The maximum atomic E-state index is 6.15. The number of benzene rings is 1. The zero-order valence-corrected chi connectivity index (χ0v) is 13.5. The summed E-state index contributed by atoms with van der Waals surface area (Å²) in [7, 11) is 0. The van der Waals surface area contributed by atoms with Crippen molar-refractivity contribution in [3.8, 4) is 0 Å². The van der Waals surface area contributed by atoms with E-state index in [0.29, 0.717) is 6.04 Å². The average molecular weight is 312 g/mol. The van der Waals surface area contributed by atoms with Crippen LogP contribution >= 0.6 is 23.4 Å². The average Bonchev–Trinajstić information content (AvgIpc) is 2.44. The fourth-order valence-corrected chi connectivity index (χ4v) is 4.62. The van der Waals surface area contributed by atoms with E-state index in [1.165, 1.54) is 35.6 Å². The first-order valence-electron chi connectivity index (χ1n) is 7.41. The molecule has 1 spiro atoms. The van der Waals surface area contributed by atoms with E-state index in [4.69, 9.17) is 16.3 Å². The first kappa shape index (κ1) is 14.6. The van der Waals surface area contributed by atoms with Crippen LogP contribution in [0.3, 0.4) is 0 Å². The van der Waals surface area contributed by atoms with E-state index in [9.17, 15) is 0 Å². The number of aryl methyl sites for hydroxylation is 1. The van der Waals surface area contributed by atoms with Gasteiger partial charge in [0.05, 0.1) is 5.60 Å². The molecular weight excluding hydrogens is 290 g/mol. The van der Waals surface area contributed by atoms with E-state index < -0.39 is 0 Å². The summed E-state index contributed by atoms with van der Waals surface area (Å²) in [5.41, 5.74) is 2.56. The summed E-state index contributed by atoms with van der Waals surface area (Å²) in [6.45, 7) is 3.01. The number of halogens is 1. The molecule has 2 aliphatic rings. The third-order valence-electron chi connectivity index (χ3n) is 4.46. The normalized spacial score (nSPS) is 25.6. The Morgan fingerprint density at radius 1 is 1.35 bits per heavy atom. The molecule has 1 aromatic rings. The van der Waals surface area contributed by atoms with E-state index in [2.05, 4.69) is 30.1 Å². The second-order valence-electron chi connectivity index (χ2n) is 5.94.